The van der Waals surface area contributed by atoms with Gasteiger partial charge in [0.15, 0.2) is 0 Å². The standard InChI is InChI=1S/C16H20OS/c17-15(9-14-2-1-3-18-14)16-12-5-10-4-11(7-12)8-13(16)6-10/h1-3,10-13,16H,4-9H2. The van der Waals surface area contributed by atoms with E-state index in [1.165, 1.54) is 37.0 Å². The fourth-order valence-corrected chi connectivity index (χ4v) is 5.87. The second-order valence-corrected chi connectivity index (χ2v) is 7.71. The minimum atomic E-state index is 0.417. The first-order chi connectivity index (χ1) is 8.79. The lowest BCUT2D eigenvalue weighted by Gasteiger charge is -2.53. The fraction of sp³-hybridized carbons (Fsp3) is 0.688. The predicted molar refractivity (Wildman–Crippen MR) is 73.6 cm³/mol. The van der Waals surface area contributed by atoms with E-state index in [1.54, 1.807) is 11.3 Å². The van der Waals surface area contributed by atoms with Crippen LogP contribution in [0.3, 0.4) is 0 Å². The molecule has 1 nitrogen and oxygen atoms in total. The summed E-state index contributed by atoms with van der Waals surface area (Å²) < 4.78 is 0. The molecule has 4 bridgehead atoms. The summed E-state index contributed by atoms with van der Waals surface area (Å²) in [5, 5.41) is 2.08. The Morgan fingerprint density at radius 1 is 1.11 bits per heavy atom. The summed E-state index contributed by atoms with van der Waals surface area (Å²) >= 11 is 1.73. The molecule has 96 valence electrons. The summed E-state index contributed by atoms with van der Waals surface area (Å²) in [6.45, 7) is 0. The summed E-state index contributed by atoms with van der Waals surface area (Å²) in [5.41, 5.74) is 0. The van der Waals surface area contributed by atoms with Crippen LogP contribution in [0.4, 0.5) is 0 Å². The number of carbonyl (C=O) groups is 1. The molecule has 4 fully saturated rings. The molecule has 0 amide bonds. The molecule has 5 rings (SSSR count). The minimum absolute atomic E-state index is 0.417. The number of hydrogen-bond acceptors (Lipinski definition) is 2. The van der Waals surface area contributed by atoms with Crippen molar-refractivity contribution < 1.29 is 4.79 Å². The number of Topliss-reactive ketones (excluding diaryl/α,β-unsaturated/α-hetero) is 1. The van der Waals surface area contributed by atoms with E-state index in [9.17, 15) is 4.79 Å². The van der Waals surface area contributed by atoms with Crippen LogP contribution in [0.25, 0.3) is 0 Å². The van der Waals surface area contributed by atoms with Crippen molar-refractivity contribution in [3.8, 4) is 0 Å². The second kappa shape index (κ2) is 4.19. The van der Waals surface area contributed by atoms with Crippen molar-refractivity contribution in [2.24, 2.45) is 29.6 Å². The molecule has 0 spiro atoms. The minimum Gasteiger partial charge on any atom is -0.299 e. The summed E-state index contributed by atoms with van der Waals surface area (Å²) in [6, 6.07) is 4.17. The van der Waals surface area contributed by atoms with Crippen LogP contribution in [-0.4, -0.2) is 5.78 Å². The molecule has 2 heteroatoms. The molecule has 4 aliphatic carbocycles. The summed E-state index contributed by atoms with van der Waals surface area (Å²) in [5.74, 6) is 4.39. The van der Waals surface area contributed by atoms with E-state index in [2.05, 4.69) is 17.5 Å². The average molecular weight is 260 g/mol. The Balaban J connectivity index is 1.52. The number of carbonyl (C=O) groups excluding carboxylic acids is 1. The van der Waals surface area contributed by atoms with Gasteiger partial charge in [0.05, 0.1) is 0 Å². The maximum Gasteiger partial charge on any atom is 0.141 e. The number of ketones is 1. The molecular weight excluding hydrogens is 240 g/mol. The molecule has 0 aromatic carbocycles. The Bertz CT molecular complexity index is 420. The van der Waals surface area contributed by atoms with Gasteiger partial charge in [0.1, 0.15) is 5.78 Å². The van der Waals surface area contributed by atoms with Crippen LogP contribution in [0.5, 0.6) is 0 Å². The zero-order valence-corrected chi connectivity index (χ0v) is 11.5. The molecule has 0 atom stereocenters. The third-order valence-electron chi connectivity index (χ3n) is 5.53. The van der Waals surface area contributed by atoms with Gasteiger partial charge in [-0.3, -0.25) is 4.79 Å². The predicted octanol–water partition coefficient (Wildman–Crippen LogP) is 3.93. The van der Waals surface area contributed by atoms with Gasteiger partial charge < -0.3 is 0 Å². The Labute approximate surface area is 113 Å². The van der Waals surface area contributed by atoms with Gasteiger partial charge in [-0.05, 0) is 67.2 Å². The molecular formula is C16H20OS. The van der Waals surface area contributed by atoms with Gasteiger partial charge in [-0.2, -0.15) is 0 Å². The Morgan fingerprint density at radius 2 is 1.78 bits per heavy atom. The lowest BCUT2D eigenvalue weighted by atomic mass is 9.51. The van der Waals surface area contributed by atoms with E-state index in [4.69, 9.17) is 0 Å². The topological polar surface area (TPSA) is 17.1 Å². The van der Waals surface area contributed by atoms with Crippen molar-refractivity contribution in [3.05, 3.63) is 22.4 Å². The van der Waals surface area contributed by atoms with Crippen molar-refractivity contribution in [3.63, 3.8) is 0 Å². The molecule has 1 aromatic rings. The lowest BCUT2D eigenvalue weighted by Crippen LogP contribution is -2.48. The van der Waals surface area contributed by atoms with E-state index in [1.807, 2.05) is 0 Å². The van der Waals surface area contributed by atoms with Crippen molar-refractivity contribution in [1.29, 1.82) is 0 Å². The molecule has 0 unspecified atom stereocenters. The van der Waals surface area contributed by atoms with Crippen LogP contribution in [0.15, 0.2) is 17.5 Å². The molecule has 0 N–H and O–H groups in total. The molecule has 0 radical (unpaired) electrons. The van der Waals surface area contributed by atoms with E-state index >= 15 is 0 Å². The number of thiophene rings is 1. The first-order valence-corrected chi connectivity index (χ1v) is 8.22. The maximum atomic E-state index is 12.6. The highest BCUT2D eigenvalue weighted by Gasteiger charge is 2.50. The quantitative estimate of drug-likeness (QED) is 0.804. The van der Waals surface area contributed by atoms with Crippen LogP contribution in [0, 0.1) is 29.6 Å². The van der Waals surface area contributed by atoms with E-state index in [0.717, 1.165) is 23.7 Å². The summed E-state index contributed by atoms with van der Waals surface area (Å²) in [7, 11) is 0. The zero-order valence-electron chi connectivity index (χ0n) is 10.7. The zero-order chi connectivity index (χ0) is 12.1. The van der Waals surface area contributed by atoms with Gasteiger partial charge in [0.25, 0.3) is 0 Å². The fourth-order valence-electron chi connectivity index (χ4n) is 5.15. The molecule has 1 heterocycles. The Hall–Kier alpha value is -0.630. The van der Waals surface area contributed by atoms with Crippen LogP contribution in [0.1, 0.15) is 37.0 Å². The Kier molecular flexibility index (Phi) is 2.61. The molecule has 0 saturated heterocycles. The third kappa shape index (κ3) is 1.77. The van der Waals surface area contributed by atoms with Crippen LogP contribution in [0.2, 0.25) is 0 Å². The molecule has 18 heavy (non-hydrogen) atoms. The van der Waals surface area contributed by atoms with E-state index in [-0.39, 0.29) is 0 Å². The summed E-state index contributed by atoms with van der Waals surface area (Å²) in [6.07, 6.45) is 7.59. The monoisotopic (exact) mass is 260 g/mol. The summed E-state index contributed by atoms with van der Waals surface area (Å²) in [4.78, 5) is 13.9. The van der Waals surface area contributed by atoms with Crippen LogP contribution >= 0.6 is 11.3 Å². The maximum absolute atomic E-state index is 12.6. The van der Waals surface area contributed by atoms with Crippen LogP contribution < -0.4 is 0 Å². The highest BCUT2D eigenvalue weighted by atomic mass is 32.1. The number of rotatable bonds is 3. The van der Waals surface area contributed by atoms with Crippen LogP contribution in [-0.2, 0) is 11.2 Å². The van der Waals surface area contributed by atoms with E-state index in [0.29, 0.717) is 18.1 Å². The number of hydrogen-bond donors (Lipinski definition) is 0. The first kappa shape index (κ1) is 11.2. The molecule has 4 saturated carbocycles. The van der Waals surface area contributed by atoms with Crippen molar-refractivity contribution in [2.75, 3.05) is 0 Å². The highest BCUT2D eigenvalue weighted by Crippen LogP contribution is 2.56. The van der Waals surface area contributed by atoms with Crippen molar-refractivity contribution in [2.45, 2.75) is 38.5 Å². The highest BCUT2D eigenvalue weighted by molar-refractivity contribution is 7.10. The van der Waals surface area contributed by atoms with Gasteiger partial charge in [0, 0.05) is 17.2 Å². The largest absolute Gasteiger partial charge is 0.299 e. The smallest absolute Gasteiger partial charge is 0.141 e. The molecule has 1 aromatic heterocycles. The van der Waals surface area contributed by atoms with Gasteiger partial charge in [-0.15, -0.1) is 11.3 Å². The average Bonchev–Trinajstić information content (AvgIpc) is 2.80. The van der Waals surface area contributed by atoms with E-state index < -0.39 is 0 Å². The van der Waals surface area contributed by atoms with Gasteiger partial charge in [0.2, 0.25) is 0 Å². The SMILES string of the molecule is O=C(Cc1cccs1)C1C2CC3CC(C2)CC1C3. The third-order valence-corrected chi connectivity index (χ3v) is 6.40. The Morgan fingerprint density at radius 3 is 2.33 bits per heavy atom. The molecule has 0 aliphatic heterocycles. The van der Waals surface area contributed by atoms with Crippen molar-refractivity contribution >= 4 is 17.1 Å². The lowest BCUT2D eigenvalue weighted by molar-refractivity contribution is -0.135. The first-order valence-electron chi connectivity index (χ1n) is 7.34. The molecule has 4 aliphatic rings. The van der Waals surface area contributed by atoms with Gasteiger partial charge >= 0.3 is 0 Å². The van der Waals surface area contributed by atoms with Gasteiger partial charge in [-0.25, -0.2) is 0 Å². The second-order valence-electron chi connectivity index (χ2n) is 6.68. The van der Waals surface area contributed by atoms with Gasteiger partial charge in [-0.1, -0.05) is 6.07 Å². The normalized spacial score (nSPS) is 41.2. The van der Waals surface area contributed by atoms with Crippen molar-refractivity contribution in [1.82, 2.24) is 0 Å².